The molecule has 1 rings (SSSR count). The van der Waals surface area contributed by atoms with E-state index in [9.17, 15) is 4.79 Å². The van der Waals surface area contributed by atoms with Crippen molar-refractivity contribution < 1.29 is 24.2 Å². The normalized spacial score (nSPS) is 9.08. The van der Waals surface area contributed by atoms with Crippen molar-refractivity contribution in [1.82, 2.24) is 0 Å². The number of hydrogen-bond acceptors (Lipinski definition) is 5. The molecule has 1 aromatic rings. The van der Waals surface area contributed by atoms with Gasteiger partial charge in [0, 0.05) is 0 Å². The van der Waals surface area contributed by atoms with E-state index in [-0.39, 0.29) is 5.75 Å². The first kappa shape index (κ1) is 9.56. The molecular weight excluding hydrogens is 175 g/mol. The van der Waals surface area contributed by atoms with Gasteiger partial charge in [-0.3, -0.25) is 4.79 Å². The summed E-state index contributed by atoms with van der Waals surface area (Å²) in [6.07, 6.45) is 0. The molecule has 5 nitrogen and oxygen atoms in total. The molecule has 0 bridgehead atoms. The van der Waals surface area contributed by atoms with Gasteiger partial charge in [-0.2, -0.15) is 0 Å². The summed E-state index contributed by atoms with van der Waals surface area (Å²) < 4.78 is 9.02. The number of benzene rings is 1. The van der Waals surface area contributed by atoms with Crippen LogP contribution in [-0.4, -0.2) is 23.8 Å². The Morgan fingerprint density at radius 3 is 2.15 bits per heavy atom. The highest BCUT2D eigenvalue weighted by Gasteiger charge is 2.10. The lowest BCUT2D eigenvalue weighted by molar-refractivity contribution is -0.120. The van der Waals surface area contributed by atoms with E-state index in [1.807, 2.05) is 0 Å². The van der Waals surface area contributed by atoms with E-state index in [1.165, 1.54) is 24.3 Å². The van der Waals surface area contributed by atoms with Gasteiger partial charge in [-0.05, 0) is 24.3 Å². The fourth-order valence-corrected chi connectivity index (χ4v) is 0.774. The van der Waals surface area contributed by atoms with Gasteiger partial charge in [0.05, 0.1) is 0 Å². The Hall–Kier alpha value is -1.53. The molecule has 1 aromatic carbocycles. The third-order valence-electron chi connectivity index (χ3n) is 1.25. The van der Waals surface area contributed by atoms with Gasteiger partial charge in [0.15, 0.2) is 0 Å². The molecule has 0 atom stereocenters. The highest BCUT2D eigenvalue weighted by atomic mass is 16.6. The van der Waals surface area contributed by atoms with Gasteiger partial charge >= 0.3 is 7.32 Å². The van der Waals surface area contributed by atoms with Crippen molar-refractivity contribution in [1.29, 1.82) is 0 Å². The van der Waals surface area contributed by atoms with Crippen LogP contribution in [0.1, 0.15) is 0 Å². The molecule has 2 N–H and O–H groups in total. The zero-order valence-corrected chi connectivity index (χ0v) is 6.58. The van der Waals surface area contributed by atoms with E-state index in [0.29, 0.717) is 12.2 Å². The molecule has 0 heterocycles. The largest absolute Gasteiger partial charge is 0.707 e. The van der Waals surface area contributed by atoms with Crippen LogP contribution in [-0.2, 0) is 4.79 Å². The van der Waals surface area contributed by atoms with Crippen LogP contribution < -0.4 is 9.39 Å². The van der Waals surface area contributed by atoms with E-state index in [0.717, 1.165) is 0 Å². The number of hydrogen-bond donors (Lipinski definition) is 2. The monoisotopic (exact) mass is 182 g/mol. The Labute approximate surface area is 74.7 Å². The molecule has 68 valence electrons. The molecule has 0 aliphatic rings. The maximum atomic E-state index is 9.90. The number of ether oxygens (including phenoxy) is 1. The Bertz CT molecular complexity index is 271. The van der Waals surface area contributed by atoms with E-state index in [2.05, 4.69) is 9.39 Å². The van der Waals surface area contributed by atoms with Crippen molar-refractivity contribution in [3.63, 3.8) is 0 Å². The predicted molar refractivity (Wildman–Crippen MR) is 44.0 cm³/mol. The van der Waals surface area contributed by atoms with Crippen molar-refractivity contribution in [3.05, 3.63) is 24.3 Å². The Balaban J connectivity index is 2.63. The van der Waals surface area contributed by atoms with E-state index in [4.69, 9.17) is 10.0 Å². The molecule has 0 spiro atoms. The summed E-state index contributed by atoms with van der Waals surface area (Å²) in [6.45, 7) is 0.302. The van der Waals surface area contributed by atoms with Crippen LogP contribution in [0.3, 0.4) is 0 Å². The minimum atomic E-state index is -1.85. The van der Waals surface area contributed by atoms with Crippen LogP contribution in [0.25, 0.3) is 0 Å². The van der Waals surface area contributed by atoms with Gasteiger partial charge in [0.1, 0.15) is 11.5 Å². The predicted octanol–water partition coefficient (Wildman–Crippen LogP) is -0.430. The molecule has 0 fully saturated rings. The third-order valence-corrected chi connectivity index (χ3v) is 1.25. The number of rotatable bonds is 4. The highest BCUT2D eigenvalue weighted by Crippen LogP contribution is 2.16. The van der Waals surface area contributed by atoms with Crippen LogP contribution in [0.2, 0.25) is 0 Å². The summed E-state index contributed by atoms with van der Waals surface area (Å²) in [5, 5.41) is 16.8. The summed E-state index contributed by atoms with van der Waals surface area (Å²) >= 11 is 0. The molecule has 13 heavy (non-hydrogen) atoms. The van der Waals surface area contributed by atoms with E-state index in [1.54, 1.807) is 0 Å². The second-order valence-electron chi connectivity index (χ2n) is 2.13. The average Bonchev–Trinajstić information content (AvgIpc) is 2.08. The molecule has 0 saturated heterocycles. The Morgan fingerprint density at radius 2 is 1.69 bits per heavy atom. The molecule has 0 aliphatic heterocycles. The fourth-order valence-electron chi connectivity index (χ4n) is 0.774. The van der Waals surface area contributed by atoms with Gasteiger partial charge in [-0.25, -0.2) is 0 Å². The van der Waals surface area contributed by atoms with Gasteiger partial charge < -0.3 is 19.4 Å². The van der Waals surface area contributed by atoms with Crippen LogP contribution in [0, 0.1) is 0 Å². The van der Waals surface area contributed by atoms with Crippen LogP contribution in [0.15, 0.2) is 24.3 Å². The topological polar surface area (TPSA) is 76.0 Å². The Kier molecular flexibility index (Phi) is 3.30. The number of carbonyl (C=O) groups excluding carboxylic acids is 1. The van der Waals surface area contributed by atoms with Gasteiger partial charge in [-0.15, -0.1) is 0 Å². The van der Waals surface area contributed by atoms with Crippen molar-refractivity contribution >= 4 is 13.8 Å². The van der Waals surface area contributed by atoms with Crippen molar-refractivity contribution in [2.75, 3.05) is 0 Å². The fraction of sp³-hybridized carbons (Fsp3) is 0. The smallest absolute Gasteiger partial charge is 0.512 e. The standard InChI is InChI=1S/C7H7BO5/c9-5-12-6-1-3-7(4-2-6)13-8(10)11/h1-5,10-11H. The van der Waals surface area contributed by atoms with Gasteiger partial charge in [0.25, 0.3) is 6.47 Å². The van der Waals surface area contributed by atoms with Gasteiger partial charge in [-0.1, -0.05) is 0 Å². The van der Waals surface area contributed by atoms with Crippen LogP contribution >= 0.6 is 0 Å². The molecular formula is C7H7BO5. The lowest BCUT2D eigenvalue weighted by Crippen LogP contribution is -2.20. The van der Waals surface area contributed by atoms with Crippen molar-refractivity contribution in [3.8, 4) is 11.5 Å². The molecule has 0 aromatic heterocycles. The maximum absolute atomic E-state index is 9.90. The van der Waals surface area contributed by atoms with Crippen molar-refractivity contribution in [2.24, 2.45) is 0 Å². The first-order valence-corrected chi connectivity index (χ1v) is 3.45. The minimum absolute atomic E-state index is 0.272. The summed E-state index contributed by atoms with van der Waals surface area (Å²) in [5.74, 6) is 0.628. The van der Waals surface area contributed by atoms with E-state index < -0.39 is 7.32 Å². The third kappa shape index (κ3) is 3.14. The molecule has 0 saturated carbocycles. The van der Waals surface area contributed by atoms with Crippen LogP contribution in [0.4, 0.5) is 0 Å². The Morgan fingerprint density at radius 1 is 1.15 bits per heavy atom. The lowest BCUT2D eigenvalue weighted by atomic mass is 10.2. The first-order chi connectivity index (χ1) is 6.22. The van der Waals surface area contributed by atoms with E-state index >= 15 is 0 Å². The van der Waals surface area contributed by atoms with Crippen molar-refractivity contribution in [2.45, 2.75) is 0 Å². The molecule has 0 amide bonds. The van der Waals surface area contributed by atoms with Gasteiger partial charge in [0.2, 0.25) is 0 Å². The second-order valence-corrected chi connectivity index (χ2v) is 2.13. The average molecular weight is 182 g/mol. The van der Waals surface area contributed by atoms with Crippen LogP contribution in [0.5, 0.6) is 11.5 Å². The summed E-state index contributed by atoms with van der Waals surface area (Å²) in [7, 11) is -1.85. The summed E-state index contributed by atoms with van der Waals surface area (Å²) in [4.78, 5) is 9.90. The molecule has 0 aliphatic carbocycles. The molecule has 6 heteroatoms. The minimum Gasteiger partial charge on any atom is -0.512 e. The first-order valence-electron chi connectivity index (χ1n) is 3.45. The SMILES string of the molecule is O=COc1ccc(OB(O)O)cc1. The number of carbonyl (C=O) groups is 1. The maximum Gasteiger partial charge on any atom is 0.707 e. The quantitative estimate of drug-likeness (QED) is 0.488. The molecule has 0 unspecified atom stereocenters. The second kappa shape index (κ2) is 4.49. The summed E-state index contributed by atoms with van der Waals surface area (Å²) in [6, 6.07) is 5.81. The zero-order valence-electron chi connectivity index (χ0n) is 6.58. The molecule has 0 radical (unpaired) electrons. The lowest BCUT2D eigenvalue weighted by Gasteiger charge is -2.04. The zero-order chi connectivity index (χ0) is 9.68. The highest BCUT2D eigenvalue weighted by molar-refractivity contribution is 6.33. The summed E-state index contributed by atoms with van der Waals surface area (Å²) in [5.41, 5.74) is 0.